The van der Waals surface area contributed by atoms with Gasteiger partial charge >= 0.3 is 0 Å². The zero-order chi connectivity index (χ0) is 18.4. The third-order valence-corrected chi connectivity index (χ3v) is 4.85. The van der Waals surface area contributed by atoms with Crippen LogP contribution in [0.15, 0.2) is 18.2 Å². The highest BCUT2D eigenvalue weighted by atomic mass is 16.5. The number of ether oxygens (including phenoxy) is 3. The number of benzene rings is 1. The van der Waals surface area contributed by atoms with E-state index in [4.69, 9.17) is 19.3 Å². The summed E-state index contributed by atoms with van der Waals surface area (Å²) in [4.78, 5) is 15.0. The van der Waals surface area contributed by atoms with Crippen molar-refractivity contribution in [3.8, 4) is 0 Å². The van der Waals surface area contributed by atoms with Crippen LogP contribution < -0.4 is 10.2 Å². The quantitative estimate of drug-likeness (QED) is 0.775. The number of morpholine rings is 1. The SMILES string of the molecule is Cc1cc(C(=O)N[C@@H]2CCOC[C@H]2OCCO)ccc1N1CCOCC1. The first kappa shape index (κ1) is 19.1. The first-order valence-corrected chi connectivity index (χ1v) is 9.23. The van der Waals surface area contributed by atoms with Gasteiger partial charge in [0.05, 0.1) is 39.1 Å². The third kappa shape index (κ3) is 4.73. The fourth-order valence-corrected chi connectivity index (χ4v) is 3.45. The normalized spacial score (nSPS) is 23.7. The Hall–Kier alpha value is -1.67. The number of aryl methyl sites for hydroxylation is 1. The molecular weight excluding hydrogens is 336 g/mol. The number of rotatable bonds is 6. The Kier molecular flexibility index (Phi) is 6.85. The lowest BCUT2D eigenvalue weighted by Crippen LogP contribution is -2.50. The molecule has 1 aromatic carbocycles. The minimum atomic E-state index is -0.228. The summed E-state index contributed by atoms with van der Waals surface area (Å²) < 4.78 is 16.4. The van der Waals surface area contributed by atoms with E-state index in [1.165, 1.54) is 0 Å². The molecule has 144 valence electrons. The number of nitrogens with one attached hydrogen (secondary N) is 1. The van der Waals surface area contributed by atoms with E-state index >= 15 is 0 Å². The van der Waals surface area contributed by atoms with Crippen LogP contribution in [0.25, 0.3) is 0 Å². The Morgan fingerprint density at radius 2 is 2.12 bits per heavy atom. The van der Waals surface area contributed by atoms with E-state index in [1.807, 2.05) is 25.1 Å². The summed E-state index contributed by atoms with van der Waals surface area (Å²) in [7, 11) is 0. The van der Waals surface area contributed by atoms with E-state index in [9.17, 15) is 4.79 Å². The van der Waals surface area contributed by atoms with Gasteiger partial charge in [-0.05, 0) is 37.1 Å². The van der Waals surface area contributed by atoms with Crippen molar-refractivity contribution < 1.29 is 24.1 Å². The van der Waals surface area contributed by atoms with Gasteiger partial charge in [0.2, 0.25) is 0 Å². The maximum atomic E-state index is 12.7. The Labute approximate surface area is 154 Å². The Morgan fingerprint density at radius 1 is 1.31 bits per heavy atom. The molecule has 0 aliphatic carbocycles. The summed E-state index contributed by atoms with van der Waals surface area (Å²) in [6, 6.07) is 5.71. The van der Waals surface area contributed by atoms with Crippen molar-refractivity contribution in [2.75, 3.05) is 57.6 Å². The van der Waals surface area contributed by atoms with Crippen molar-refractivity contribution in [1.29, 1.82) is 0 Å². The van der Waals surface area contributed by atoms with Crippen LogP contribution in [0.4, 0.5) is 5.69 Å². The van der Waals surface area contributed by atoms with Gasteiger partial charge in [-0.25, -0.2) is 0 Å². The van der Waals surface area contributed by atoms with E-state index in [0.29, 0.717) is 25.2 Å². The molecule has 2 fully saturated rings. The van der Waals surface area contributed by atoms with Gasteiger partial charge < -0.3 is 29.5 Å². The fraction of sp³-hybridized carbons (Fsp3) is 0.632. The lowest BCUT2D eigenvalue weighted by Gasteiger charge is -2.32. The molecule has 2 aliphatic heterocycles. The minimum Gasteiger partial charge on any atom is -0.394 e. The lowest BCUT2D eigenvalue weighted by atomic mass is 10.0. The Bertz CT molecular complexity index is 604. The number of nitrogens with zero attached hydrogens (tertiary/aromatic N) is 1. The predicted molar refractivity (Wildman–Crippen MR) is 97.7 cm³/mol. The van der Waals surface area contributed by atoms with Gasteiger partial charge in [-0.1, -0.05) is 0 Å². The maximum absolute atomic E-state index is 12.7. The van der Waals surface area contributed by atoms with Crippen molar-refractivity contribution in [2.24, 2.45) is 0 Å². The smallest absolute Gasteiger partial charge is 0.251 e. The molecule has 3 rings (SSSR count). The molecule has 26 heavy (non-hydrogen) atoms. The monoisotopic (exact) mass is 364 g/mol. The standard InChI is InChI=1S/C19H28N2O5/c1-14-12-15(2-3-17(14)21-5-9-24-10-6-21)19(23)20-16-4-8-25-13-18(16)26-11-7-22/h2-3,12,16,18,22H,4-11,13H2,1H3,(H,20,23)/t16-,18-/m1/s1. The van der Waals surface area contributed by atoms with Crippen molar-refractivity contribution in [2.45, 2.75) is 25.5 Å². The van der Waals surface area contributed by atoms with Gasteiger partial charge in [0.1, 0.15) is 6.10 Å². The van der Waals surface area contributed by atoms with Crippen molar-refractivity contribution in [1.82, 2.24) is 5.32 Å². The van der Waals surface area contributed by atoms with E-state index in [-0.39, 0.29) is 31.3 Å². The molecule has 2 atom stereocenters. The van der Waals surface area contributed by atoms with Gasteiger partial charge in [0.25, 0.3) is 5.91 Å². The van der Waals surface area contributed by atoms with Gasteiger partial charge in [0, 0.05) is 30.9 Å². The molecule has 1 aromatic rings. The second-order valence-corrected chi connectivity index (χ2v) is 6.68. The molecule has 0 bridgehead atoms. The largest absolute Gasteiger partial charge is 0.394 e. The molecule has 2 saturated heterocycles. The van der Waals surface area contributed by atoms with Gasteiger partial charge in [-0.3, -0.25) is 4.79 Å². The van der Waals surface area contributed by atoms with E-state index in [0.717, 1.165) is 37.6 Å². The van der Waals surface area contributed by atoms with Crippen molar-refractivity contribution in [3.63, 3.8) is 0 Å². The lowest BCUT2D eigenvalue weighted by molar-refractivity contribution is -0.0737. The molecule has 1 amide bonds. The summed E-state index contributed by atoms with van der Waals surface area (Å²) in [5.41, 5.74) is 2.88. The molecule has 0 spiro atoms. The number of aliphatic hydroxyl groups excluding tert-OH is 1. The third-order valence-electron chi connectivity index (χ3n) is 4.85. The Balaban J connectivity index is 1.64. The zero-order valence-electron chi connectivity index (χ0n) is 15.3. The van der Waals surface area contributed by atoms with Crippen molar-refractivity contribution >= 4 is 11.6 Å². The van der Waals surface area contributed by atoms with Crippen molar-refractivity contribution in [3.05, 3.63) is 29.3 Å². The minimum absolute atomic E-state index is 0.0423. The number of hydrogen-bond donors (Lipinski definition) is 2. The molecule has 0 unspecified atom stereocenters. The molecule has 0 aromatic heterocycles. The number of carbonyl (C=O) groups is 1. The highest BCUT2D eigenvalue weighted by Crippen LogP contribution is 2.22. The van der Waals surface area contributed by atoms with E-state index in [1.54, 1.807) is 0 Å². The Morgan fingerprint density at radius 3 is 2.85 bits per heavy atom. The summed E-state index contributed by atoms with van der Waals surface area (Å²) >= 11 is 0. The van der Waals surface area contributed by atoms with Crippen LogP contribution in [0.1, 0.15) is 22.3 Å². The number of aliphatic hydroxyl groups is 1. The highest BCUT2D eigenvalue weighted by molar-refractivity contribution is 5.95. The van der Waals surface area contributed by atoms with E-state index < -0.39 is 0 Å². The summed E-state index contributed by atoms with van der Waals surface area (Å²) in [6.45, 7) is 6.48. The van der Waals surface area contributed by atoms with Crippen LogP contribution in [0.5, 0.6) is 0 Å². The fourth-order valence-electron chi connectivity index (χ4n) is 3.45. The topological polar surface area (TPSA) is 80.3 Å². The molecule has 2 aliphatic rings. The second kappa shape index (κ2) is 9.32. The first-order valence-electron chi connectivity index (χ1n) is 9.23. The average molecular weight is 364 g/mol. The van der Waals surface area contributed by atoms with Crippen LogP contribution in [-0.4, -0.2) is 75.9 Å². The highest BCUT2D eigenvalue weighted by Gasteiger charge is 2.28. The van der Waals surface area contributed by atoms with Crippen LogP contribution >= 0.6 is 0 Å². The van der Waals surface area contributed by atoms with E-state index in [2.05, 4.69) is 10.2 Å². The first-order chi connectivity index (χ1) is 12.7. The van der Waals surface area contributed by atoms with Gasteiger partial charge in [-0.15, -0.1) is 0 Å². The second-order valence-electron chi connectivity index (χ2n) is 6.68. The molecule has 2 heterocycles. The van der Waals surface area contributed by atoms with Crippen LogP contribution in [0, 0.1) is 6.92 Å². The molecule has 7 heteroatoms. The average Bonchev–Trinajstić information content (AvgIpc) is 2.68. The molecule has 0 saturated carbocycles. The molecular formula is C19H28N2O5. The molecule has 0 radical (unpaired) electrons. The van der Waals surface area contributed by atoms with Crippen LogP contribution in [0.3, 0.4) is 0 Å². The molecule has 2 N–H and O–H groups in total. The summed E-state index contributed by atoms with van der Waals surface area (Å²) in [6.07, 6.45) is 0.473. The molecule has 7 nitrogen and oxygen atoms in total. The van der Waals surface area contributed by atoms with Gasteiger partial charge in [0.15, 0.2) is 0 Å². The van der Waals surface area contributed by atoms with Crippen LogP contribution in [-0.2, 0) is 14.2 Å². The summed E-state index contributed by atoms with van der Waals surface area (Å²) in [5.74, 6) is -0.105. The van der Waals surface area contributed by atoms with Gasteiger partial charge in [-0.2, -0.15) is 0 Å². The number of hydrogen-bond acceptors (Lipinski definition) is 6. The number of carbonyl (C=O) groups excluding carboxylic acids is 1. The number of amides is 1. The summed E-state index contributed by atoms with van der Waals surface area (Å²) in [5, 5.41) is 12.0. The number of anilines is 1. The predicted octanol–water partition coefficient (Wildman–Crippen LogP) is 0.728. The van der Waals surface area contributed by atoms with Crippen LogP contribution in [0.2, 0.25) is 0 Å². The maximum Gasteiger partial charge on any atom is 0.251 e. The zero-order valence-corrected chi connectivity index (χ0v) is 15.3.